The van der Waals surface area contributed by atoms with Crippen molar-refractivity contribution in [2.45, 2.75) is 51.6 Å². The molecule has 0 radical (unpaired) electrons. The molecule has 1 saturated carbocycles. The van der Waals surface area contributed by atoms with Crippen molar-refractivity contribution in [1.82, 2.24) is 5.32 Å². The summed E-state index contributed by atoms with van der Waals surface area (Å²) in [6, 6.07) is 25.6. The molecule has 1 aliphatic carbocycles. The van der Waals surface area contributed by atoms with E-state index in [2.05, 4.69) is 24.4 Å². The van der Waals surface area contributed by atoms with Gasteiger partial charge in [0.2, 0.25) is 0 Å². The lowest BCUT2D eigenvalue weighted by Gasteiger charge is -2.22. The van der Waals surface area contributed by atoms with E-state index in [0.717, 1.165) is 41.1 Å². The van der Waals surface area contributed by atoms with Gasteiger partial charge in [0.1, 0.15) is 24.2 Å². The van der Waals surface area contributed by atoms with Crippen molar-refractivity contribution in [3.05, 3.63) is 95.6 Å². The van der Waals surface area contributed by atoms with Crippen LogP contribution in [-0.4, -0.2) is 40.7 Å². The number of benzene rings is 3. The maximum absolute atomic E-state index is 10.4. The van der Waals surface area contributed by atoms with Gasteiger partial charge in [0.15, 0.2) is 0 Å². The van der Waals surface area contributed by atoms with Gasteiger partial charge in [-0.05, 0) is 83.8 Å². The molecular weight excluding hydrogens is 509 g/mol. The fraction of sp³-hybridized carbons (Fsp3) is 0.375. The van der Waals surface area contributed by atoms with Crippen molar-refractivity contribution in [2.24, 2.45) is 5.92 Å². The highest BCUT2D eigenvalue weighted by Gasteiger charge is 2.16. The third-order valence-corrected chi connectivity index (χ3v) is 7.60. The van der Waals surface area contributed by atoms with Gasteiger partial charge in [0.25, 0.3) is 0 Å². The monoisotopic (exact) mass is 549 g/mol. The van der Waals surface area contributed by atoms with Crippen LogP contribution in [0, 0.1) is 5.92 Å². The Kier molecular flexibility index (Phi) is 11.4. The zero-order valence-corrected chi connectivity index (χ0v) is 23.5. The first-order valence-electron chi connectivity index (χ1n) is 13.9. The Morgan fingerprint density at radius 1 is 0.846 bits per heavy atom. The van der Waals surface area contributed by atoms with E-state index in [4.69, 9.17) is 9.26 Å². The normalized spacial score (nSPS) is 15.6. The standard InChI is InChI=1S/C32H40NO5P/c1-2-31(25-11-7-4-8-12-25)32(27-15-19-30(20-16-27)38-39(35)36)26-13-17-29(18-14-26)37-23-28(34)22-33-21-24-9-5-3-6-10-24/h4,7-8,11-20,24,28,33-36H,2-3,5-6,9-10,21-23H2,1H3. The maximum atomic E-state index is 10.4. The largest absolute Gasteiger partial charge is 0.491 e. The highest BCUT2D eigenvalue weighted by atomic mass is 31.2. The van der Waals surface area contributed by atoms with Gasteiger partial charge in [0, 0.05) is 6.54 Å². The summed E-state index contributed by atoms with van der Waals surface area (Å²) in [5, 5.41) is 13.8. The van der Waals surface area contributed by atoms with Crippen LogP contribution in [0.5, 0.6) is 11.5 Å². The second kappa shape index (κ2) is 15.2. The van der Waals surface area contributed by atoms with Crippen LogP contribution in [0.2, 0.25) is 0 Å². The average Bonchev–Trinajstić information content (AvgIpc) is 2.96. The Morgan fingerprint density at radius 2 is 1.46 bits per heavy atom. The van der Waals surface area contributed by atoms with Crippen molar-refractivity contribution in [3.8, 4) is 11.5 Å². The highest BCUT2D eigenvalue weighted by Crippen LogP contribution is 2.37. The Bertz CT molecular complexity index is 1160. The van der Waals surface area contributed by atoms with E-state index < -0.39 is 14.7 Å². The smallest absolute Gasteiger partial charge is 0.391 e. The number of hydrogen-bond donors (Lipinski definition) is 4. The molecule has 0 heterocycles. The number of nitrogens with one attached hydrogen (secondary N) is 1. The number of allylic oxidation sites excluding steroid dienone is 1. The molecule has 1 unspecified atom stereocenters. The first-order valence-corrected chi connectivity index (χ1v) is 15.1. The molecule has 6 nitrogen and oxygen atoms in total. The van der Waals surface area contributed by atoms with Crippen molar-refractivity contribution in [1.29, 1.82) is 0 Å². The van der Waals surface area contributed by atoms with Crippen molar-refractivity contribution >= 4 is 19.7 Å². The first kappa shape index (κ1) is 29.3. The van der Waals surface area contributed by atoms with Gasteiger partial charge >= 0.3 is 8.60 Å². The summed E-state index contributed by atoms with van der Waals surface area (Å²) in [5.74, 6) is 1.85. The number of aliphatic hydroxyl groups excluding tert-OH is 1. The molecule has 0 spiro atoms. The molecule has 39 heavy (non-hydrogen) atoms. The van der Waals surface area contributed by atoms with E-state index in [0.29, 0.717) is 18.0 Å². The van der Waals surface area contributed by atoms with Gasteiger partial charge < -0.3 is 29.5 Å². The minimum atomic E-state index is -2.46. The summed E-state index contributed by atoms with van der Waals surface area (Å²) in [4.78, 5) is 18.4. The molecule has 3 aromatic carbocycles. The second-order valence-electron chi connectivity index (χ2n) is 10.1. The van der Waals surface area contributed by atoms with Crippen LogP contribution in [0.1, 0.15) is 62.1 Å². The summed E-state index contributed by atoms with van der Waals surface area (Å²) in [6.45, 7) is 3.89. The van der Waals surface area contributed by atoms with E-state index in [9.17, 15) is 14.9 Å². The van der Waals surface area contributed by atoms with Crippen molar-refractivity contribution < 1.29 is 24.2 Å². The molecule has 4 rings (SSSR count). The Morgan fingerprint density at radius 3 is 2.05 bits per heavy atom. The molecule has 0 bridgehead atoms. The van der Waals surface area contributed by atoms with Crippen molar-refractivity contribution in [2.75, 3.05) is 19.7 Å². The van der Waals surface area contributed by atoms with E-state index in [1.165, 1.54) is 37.7 Å². The highest BCUT2D eigenvalue weighted by molar-refractivity contribution is 7.39. The van der Waals surface area contributed by atoms with E-state index in [-0.39, 0.29) is 6.61 Å². The first-order chi connectivity index (χ1) is 19.0. The molecule has 4 N–H and O–H groups in total. The van der Waals surface area contributed by atoms with Crippen molar-refractivity contribution in [3.63, 3.8) is 0 Å². The van der Waals surface area contributed by atoms with Gasteiger partial charge in [-0.2, -0.15) is 0 Å². The Hall–Kier alpha value is -2.73. The maximum Gasteiger partial charge on any atom is 0.391 e. The number of hydrogen-bond acceptors (Lipinski definition) is 6. The SMILES string of the molecule is CCC(=C(c1ccc(OCC(O)CNCC2CCCCC2)cc1)c1ccc(OP(O)O)cc1)c1ccccc1. The van der Waals surface area contributed by atoms with E-state index in [1.54, 1.807) is 12.1 Å². The molecule has 208 valence electrons. The lowest BCUT2D eigenvalue weighted by molar-refractivity contribution is 0.105. The van der Waals surface area contributed by atoms with Crippen LogP contribution in [0.25, 0.3) is 11.1 Å². The minimum absolute atomic E-state index is 0.240. The van der Waals surface area contributed by atoms with E-state index in [1.807, 2.05) is 54.6 Å². The van der Waals surface area contributed by atoms with Gasteiger partial charge in [0.05, 0.1) is 0 Å². The lowest BCUT2D eigenvalue weighted by atomic mass is 9.88. The molecule has 3 aromatic rings. The molecule has 1 atom stereocenters. The van der Waals surface area contributed by atoms with Crippen LogP contribution in [0.3, 0.4) is 0 Å². The topological polar surface area (TPSA) is 91.2 Å². The van der Waals surface area contributed by atoms with Crippen LogP contribution in [-0.2, 0) is 0 Å². The third kappa shape index (κ3) is 8.89. The molecule has 0 saturated heterocycles. The summed E-state index contributed by atoms with van der Waals surface area (Å²) in [5.41, 5.74) is 5.47. The molecule has 0 aliphatic heterocycles. The quantitative estimate of drug-likeness (QED) is 0.143. The van der Waals surface area contributed by atoms with Crippen LogP contribution in [0.15, 0.2) is 78.9 Å². The lowest BCUT2D eigenvalue weighted by Crippen LogP contribution is -2.34. The fourth-order valence-corrected chi connectivity index (χ4v) is 5.58. The minimum Gasteiger partial charge on any atom is -0.491 e. The summed E-state index contributed by atoms with van der Waals surface area (Å²) in [6.07, 6.45) is 6.84. The fourth-order valence-electron chi connectivity index (χ4n) is 5.27. The third-order valence-electron chi connectivity index (χ3n) is 7.23. The zero-order valence-electron chi connectivity index (χ0n) is 22.6. The molecule has 0 aromatic heterocycles. The summed E-state index contributed by atoms with van der Waals surface area (Å²) >= 11 is 0. The number of rotatable bonds is 13. The second-order valence-corrected chi connectivity index (χ2v) is 10.8. The van der Waals surface area contributed by atoms with Gasteiger partial charge in [-0.25, -0.2) is 0 Å². The number of ether oxygens (including phenoxy) is 1. The molecular formula is C32H40NO5P. The van der Waals surface area contributed by atoms with Gasteiger partial charge in [-0.1, -0.05) is 80.8 Å². The van der Waals surface area contributed by atoms with E-state index >= 15 is 0 Å². The average molecular weight is 550 g/mol. The predicted octanol–water partition coefficient (Wildman–Crippen LogP) is 6.56. The molecule has 0 amide bonds. The van der Waals surface area contributed by atoms with Crippen LogP contribution >= 0.6 is 8.60 Å². The van der Waals surface area contributed by atoms with Gasteiger partial charge in [-0.3, -0.25) is 0 Å². The summed E-state index contributed by atoms with van der Waals surface area (Å²) in [7, 11) is -2.46. The zero-order chi connectivity index (χ0) is 27.5. The molecule has 1 aliphatic rings. The number of aliphatic hydroxyl groups is 1. The van der Waals surface area contributed by atoms with Crippen LogP contribution < -0.4 is 14.6 Å². The van der Waals surface area contributed by atoms with Crippen LogP contribution in [0.4, 0.5) is 0 Å². The Balaban J connectivity index is 1.46. The molecule has 7 heteroatoms. The Labute approximate surface area is 233 Å². The molecule has 1 fully saturated rings. The van der Waals surface area contributed by atoms with Gasteiger partial charge in [-0.15, -0.1) is 0 Å². The summed E-state index contributed by atoms with van der Waals surface area (Å²) < 4.78 is 11.0. The predicted molar refractivity (Wildman–Crippen MR) is 158 cm³/mol.